The van der Waals surface area contributed by atoms with Crippen molar-refractivity contribution in [1.29, 1.82) is 0 Å². The first-order valence-electron chi connectivity index (χ1n) is 5.19. The summed E-state index contributed by atoms with van der Waals surface area (Å²) in [6.45, 7) is 1.83. The SMILES string of the molecule is CC(NC(=O)c1cc(Cl)ccc1I)c1ncn[nH]1. The highest BCUT2D eigenvalue weighted by Crippen LogP contribution is 2.18. The molecule has 1 heterocycles. The Kier molecular flexibility index (Phi) is 4.18. The fraction of sp³-hybridized carbons (Fsp3) is 0.182. The number of nitrogens with one attached hydrogen (secondary N) is 2. The van der Waals surface area contributed by atoms with E-state index in [1.807, 2.05) is 6.92 Å². The average Bonchev–Trinajstić information content (AvgIpc) is 2.85. The maximum Gasteiger partial charge on any atom is 0.252 e. The van der Waals surface area contributed by atoms with Crippen LogP contribution in [0.4, 0.5) is 0 Å². The molecule has 7 heteroatoms. The van der Waals surface area contributed by atoms with Crippen LogP contribution in [0.3, 0.4) is 0 Å². The number of carbonyl (C=O) groups excluding carboxylic acids is 1. The number of hydrogen-bond acceptors (Lipinski definition) is 3. The Labute approximate surface area is 122 Å². The number of nitrogens with zero attached hydrogens (tertiary/aromatic N) is 2. The molecule has 0 saturated carbocycles. The molecule has 0 radical (unpaired) electrons. The number of halogens is 2. The molecule has 1 aromatic heterocycles. The van der Waals surface area contributed by atoms with Gasteiger partial charge in [0, 0.05) is 8.59 Å². The van der Waals surface area contributed by atoms with Crippen LogP contribution in [0.2, 0.25) is 5.02 Å². The second kappa shape index (κ2) is 5.66. The van der Waals surface area contributed by atoms with Crippen LogP contribution in [0.25, 0.3) is 0 Å². The summed E-state index contributed by atoms with van der Waals surface area (Å²) in [7, 11) is 0. The van der Waals surface area contributed by atoms with Crippen LogP contribution >= 0.6 is 34.2 Å². The fourth-order valence-electron chi connectivity index (χ4n) is 1.44. The van der Waals surface area contributed by atoms with Crippen molar-refractivity contribution in [3.63, 3.8) is 0 Å². The lowest BCUT2D eigenvalue weighted by Gasteiger charge is -2.12. The van der Waals surface area contributed by atoms with Gasteiger partial charge in [0.2, 0.25) is 0 Å². The minimum atomic E-state index is -0.241. The van der Waals surface area contributed by atoms with Crippen LogP contribution < -0.4 is 5.32 Å². The third-order valence-corrected chi connectivity index (χ3v) is 3.54. The molecule has 0 fully saturated rings. The Hall–Kier alpha value is -1.15. The van der Waals surface area contributed by atoms with Crippen molar-refractivity contribution in [2.45, 2.75) is 13.0 Å². The predicted molar refractivity (Wildman–Crippen MR) is 76.4 cm³/mol. The predicted octanol–water partition coefficient (Wildman–Crippen LogP) is 2.55. The summed E-state index contributed by atoms with van der Waals surface area (Å²) in [5.74, 6) is 0.422. The van der Waals surface area contributed by atoms with E-state index in [0.717, 1.165) is 3.57 Å². The molecule has 1 amide bonds. The van der Waals surface area contributed by atoms with Gasteiger partial charge in [0.15, 0.2) is 0 Å². The summed E-state index contributed by atoms with van der Waals surface area (Å²) in [6.07, 6.45) is 1.40. The molecule has 94 valence electrons. The summed E-state index contributed by atoms with van der Waals surface area (Å²) in [5, 5.41) is 9.83. The molecular weight excluding hydrogens is 367 g/mol. The summed E-state index contributed by atoms with van der Waals surface area (Å²) in [4.78, 5) is 16.1. The molecule has 2 rings (SSSR count). The zero-order valence-corrected chi connectivity index (χ0v) is 12.4. The van der Waals surface area contributed by atoms with Crippen LogP contribution in [0, 0.1) is 3.57 Å². The lowest BCUT2D eigenvalue weighted by molar-refractivity contribution is 0.0937. The van der Waals surface area contributed by atoms with Crippen LogP contribution in [0.15, 0.2) is 24.5 Å². The summed E-state index contributed by atoms with van der Waals surface area (Å²) in [5.41, 5.74) is 0.550. The first kappa shape index (κ1) is 13.3. The largest absolute Gasteiger partial charge is 0.342 e. The highest BCUT2D eigenvalue weighted by atomic mass is 127. The lowest BCUT2D eigenvalue weighted by atomic mass is 10.2. The second-order valence-corrected chi connectivity index (χ2v) is 5.29. The van der Waals surface area contributed by atoms with Gasteiger partial charge in [-0.3, -0.25) is 9.89 Å². The Bertz CT molecular complexity index is 558. The van der Waals surface area contributed by atoms with Gasteiger partial charge in [-0.2, -0.15) is 5.10 Å². The molecule has 18 heavy (non-hydrogen) atoms. The average molecular weight is 377 g/mol. The molecule has 0 aliphatic heterocycles. The number of H-pyrrole nitrogens is 1. The topological polar surface area (TPSA) is 70.7 Å². The van der Waals surface area contributed by atoms with Gasteiger partial charge in [-0.1, -0.05) is 11.6 Å². The minimum absolute atomic E-state index is 0.189. The molecule has 0 bridgehead atoms. The summed E-state index contributed by atoms with van der Waals surface area (Å²) < 4.78 is 0.847. The zero-order chi connectivity index (χ0) is 13.1. The van der Waals surface area contributed by atoms with Gasteiger partial charge in [0.25, 0.3) is 5.91 Å². The molecule has 0 aliphatic carbocycles. The highest BCUT2D eigenvalue weighted by Gasteiger charge is 2.15. The molecule has 1 atom stereocenters. The van der Waals surface area contributed by atoms with Crippen molar-refractivity contribution in [1.82, 2.24) is 20.5 Å². The Balaban J connectivity index is 2.15. The fourth-order valence-corrected chi connectivity index (χ4v) is 2.19. The molecule has 1 unspecified atom stereocenters. The van der Waals surface area contributed by atoms with E-state index in [0.29, 0.717) is 16.4 Å². The quantitative estimate of drug-likeness (QED) is 0.809. The highest BCUT2D eigenvalue weighted by molar-refractivity contribution is 14.1. The number of aromatic nitrogens is 3. The van der Waals surface area contributed by atoms with E-state index in [1.165, 1.54) is 6.33 Å². The smallest absolute Gasteiger partial charge is 0.252 e. The molecule has 2 aromatic rings. The number of aromatic amines is 1. The van der Waals surface area contributed by atoms with Crippen molar-refractivity contribution < 1.29 is 4.79 Å². The van der Waals surface area contributed by atoms with Crippen LogP contribution in [0.5, 0.6) is 0 Å². The molecule has 5 nitrogen and oxygen atoms in total. The Morgan fingerprint density at radius 1 is 1.56 bits per heavy atom. The van der Waals surface area contributed by atoms with Gasteiger partial charge in [0.1, 0.15) is 12.2 Å². The number of amides is 1. The van der Waals surface area contributed by atoms with Crippen molar-refractivity contribution in [3.05, 3.63) is 44.5 Å². The van der Waals surface area contributed by atoms with E-state index in [-0.39, 0.29) is 11.9 Å². The molecule has 0 aliphatic rings. The van der Waals surface area contributed by atoms with Crippen molar-refractivity contribution in [2.75, 3.05) is 0 Å². The van der Waals surface area contributed by atoms with E-state index < -0.39 is 0 Å². The maximum atomic E-state index is 12.1. The first-order chi connectivity index (χ1) is 8.58. The van der Waals surface area contributed by atoms with Gasteiger partial charge >= 0.3 is 0 Å². The van der Waals surface area contributed by atoms with Crippen molar-refractivity contribution in [3.8, 4) is 0 Å². The minimum Gasteiger partial charge on any atom is -0.342 e. The van der Waals surface area contributed by atoms with E-state index >= 15 is 0 Å². The van der Waals surface area contributed by atoms with Crippen molar-refractivity contribution in [2.24, 2.45) is 0 Å². The lowest BCUT2D eigenvalue weighted by Crippen LogP contribution is -2.28. The summed E-state index contributed by atoms with van der Waals surface area (Å²) in [6, 6.07) is 4.96. The summed E-state index contributed by atoms with van der Waals surface area (Å²) >= 11 is 7.98. The molecule has 0 spiro atoms. The standard InChI is InChI=1S/C11H10ClIN4O/c1-6(10-14-5-15-17-10)16-11(18)8-4-7(12)2-3-9(8)13/h2-6H,1H3,(H,16,18)(H,14,15,17). The Morgan fingerprint density at radius 2 is 2.33 bits per heavy atom. The third-order valence-electron chi connectivity index (χ3n) is 2.36. The van der Waals surface area contributed by atoms with E-state index in [4.69, 9.17) is 11.6 Å². The number of carbonyl (C=O) groups is 1. The van der Waals surface area contributed by atoms with E-state index in [2.05, 4.69) is 43.1 Å². The van der Waals surface area contributed by atoms with E-state index in [1.54, 1.807) is 18.2 Å². The molecular formula is C11H10ClIN4O. The van der Waals surface area contributed by atoms with E-state index in [9.17, 15) is 4.79 Å². The van der Waals surface area contributed by atoms with Gasteiger partial charge in [0.05, 0.1) is 11.6 Å². The van der Waals surface area contributed by atoms with Gasteiger partial charge in [-0.05, 0) is 47.7 Å². The number of benzene rings is 1. The monoisotopic (exact) mass is 376 g/mol. The van der Waals surface area contributed by atoms with Gasteiger partial charge in [-0.25, -0.2) is 4.98 Å². The van der Waals surface area contributed by atoms with Gasteiger partial charge < -0.3 is 5.32 Å². The normalized spacial score (nSPS) is 12.2. The Morgan fingerprint density at radius 3 is 3.00 bits per heavy atom. The van der Waals surface area contributed by atoms with Gasteiger partial charge in [-0.15, -0.1) is 0 Å². The number of hydrogen-bond donors (Lipinski definition) is 2. The number of rotatable bonds is 3. The first-order valence-corrected chi connectivity index (χ1v) is 6.65. The van der Waals surface area contributed by atoms with Crippen LogP contribution in [-0.2, 0) is 0 Å². The van der Waals surface area contributed by atoms with Crippen molar-refractivity contribution >= 4 is 40.1 Å². The zero-order valence-electron chi connectivity index (χ0n) is 9.45. The molecule has 1 aromatic carbocycles. The third kappa shape index (κ3) is 2.99. The molecule has 2 N–H and O–H groups in total. The van der Waals surface area contributed by atoms with Crippen LogP contribution in [0.1, 0.15) is 29.1 Å². The van der Waals surface area contributed by atoms with Crippen LogP contribution in [-0.4, -0.2) is 21.1 Å². The second-order valence-electron chi connectivity index (χ2n) is 3.69. The maximum absolute atomic E-state index is 12.1. The molecule has 0 saturated heterocycles.